The maximum absolute atomic E-state index is 5.57. The Labute approximate surface area is 126 Å². The number of thioether (sulfide) groups is 1. The summed E-state index contributed by atoms with van der Waals surface area (Å²) in [5, 5.41) is 0. The summed E-state index contributed by atoms with van der Waals surface area (Å²) >= 11 is 1.93. The molecule has 4 heteroatoms. The van der Waals surface area contributed by atoms with Crippen molar-refractivity contribution in [3.05, 3.63) is 23.8 Å². The van der Waals surface area contributed by atoms with E-state index in [0.29, 0.717) is 5.92 Å². The average Bonchev–Trinajstić information content (AvgIpc) is 2.95. The van der Waals surface area contributed by atoms with E-state index in [1.54, 1.807) is 14.2 Å². The second-order valence-electron chi connectivity index (χ2n) is 5.22. The van der Waals surface area contributed by atoms with Crippen molar-refractivity contribution < 1.29 is 9.47 Å². The minimum absolute atomic E-state index is 0.564. The summed E-state index contributed by atoms with van der Waals surface area (Å²) in [6, 6.07) is 6.21. The molecule has 1 aliphatic heterocycles. The monoisotopic (exact) mass is 295 g/mol. The molecular weight excluding hydrogens is 270 g/mol. The lowest BCUT2D eigenvalue weighted by molar-refractivity contribution is 0.331. The highest BCUT2D eigenvalue weighted by Gasteiger charge is 2.26. The molecule has 1 aromatic carbocycles. The van der Waals surface area contributed by atoms with Crippen molar-refractivity contribution in [2.75, 3.05) is 45.9 Å². The number of hydrogen-bond acceptors (Lipinski definition) is 4. The second kappa shape index (κ2) is 7.79. The molecule has 0 aromatic heterocycles. The molecule has 0 amide bonds. The van der Waals surface area contributed by atoms with Gasteiger partial charge in [0, 0.05) is 18.0 Å². The van der Waals surface area contributed by atoms with Gasteiger partial charge in [-0.2, -0.15) is 11.8 Å². The SMILES string of the molecule is COc1cccc([C@@H]2CCN(CCCSC)C2)c1OC. The largest absolute Gasteiger partial charge is 0.493 e. The fourth-order valence-corrected chi connectivity index (χ4v) is 3.37. The predicted molar refractivity (Wildman–Crippen MR) is 86.3 cm³/mol. The molecular formula is C16H25NO2S. The van der Waals surface area contributed by atoms with Crippen LogP contribution in [0.5, 0.6) is 11.5 Å². The van der Waals surface area contributed by atoms with Gasteiger partial charge in [-0.25, -0.2) is 0 Å². The van der Waals surface area contributed by atoms with Crippen LogP contribution in [0.25, 0.3) is 0 Å². The van der Waals surface area contributed by atoms with E-state index in [-0.39, 0.29) is 0 Å². The first-order valence-electron chi connectivity index (χ1n) is 7.22. The molecule has 0 saturated carbocycles. The Kier molecular flexibility index (Phi) is 6.05. The number of likely N-dealkylation sites (tertiary alicyclic amines) is 1. The predicted octanol–water partition coefficient (Wildman–Crippen LogP) is 3.25. The molecule has 0 radical (unpaired) electrons. The van der Waals surface area contributed by atoms with Crippen LogP contribution in [0.4, 0.5) is 0 Å². The van der Waals surface area contributed by atoms with Gasteiger partial charge in [0.1, 0.15) is 0 Å². The van der Waals surface area contributed by atoms with Gasteiger partial charge >= 0.3 is 0 Å². The standard InChI is InChI=1S/C16H25NO2S/c1-18-15-7-4-6-14(16(15)19-2)13-8-10-17(12-13)9-5-11-20-3/h4,6-7,13H,5,8-12H2,1-3H3/t13-/m1/s1. The Bertz CT molecular complexity index is 425. The van der Waals surface area contributed by atoms with Crippen molar-refractivity contribution >= 4 is 11.8 Å². The van der Waals surface area contributed by atoms with Crippen molar-refractivity contribution in [3.63, 3.8) is 0 Å². The van der Waals surface area contributed by atoms with E-state index in [1.807, 2.05) is 17.8 Å². The summed E-state index contributed by atoms with van der Waals surface area (Å²) in [4.78, 5) is 2.57. The summed E-state index contributed by atoms with van der Waals surface area (Å²) in [6.45, 7) is 3.54. The van der Waals surface area contributed by atoms with Gasteiger partial charge in [0.25, 0.3) is 0 Å². The molecule has 1 aliphatic rings. The zero-order valence-corrected chi connectivity index (χ0v) is 13.5. The maximum atomic E-state index is 5.57. The number of rotatable bonds is 7. The van der Waals surface area contributed by atoms with Gasteiger partial charge < -0.3 is 14.4 Å². The lowest BCUT2D eigenvalue weighted by atomic mass is 9.97. The Morgan fingerprint density at radius 1 is 1.30 bits per heavy atom. The first kappa shape index (κ1) is 15.5. The van der Waals surface area contributed by atoms with E-state index in [9.17, 15) is 0 Å². The van der Waals surface area contributed by atoms with Gasteiger partial charge in [-0.15, -0.1) is 0 Å². The molecule has 1 saturated heterocycles. The van der Waals surface area contributed by atoms with Crippen LogP contribution in [0.15, 0.2) is 18.2 Å². The molecule has 0 aliphatic carbocycles. The lowest BCUT2D eigenvalue weighted by Crippen LogP contribution is -2.22. The molecule has 0 bridgehead atoms. The molecule has 3 nitrogen and oxygen atoms in total. The number of methoxy groups -OCH3 is 2. The molecule has 20 heavy (non-hydrogen) atoms. The van der Waals surface area contributed by atoms with Gasteiger partial charge in [0.15, 0.2) is 11.5 Å². The molecule has 1 heterocycles. The van der Waals surface area contributed by atoms with Crippen LogP contribution < -0.4 is 9.47 Å². The number of benzene rings is 1. The first-order valence-corrected chi connectivity index (χ1v) is 8.61. The normalized spacial score (nSPS) is 19.2. The van der Waals surface area contributed by atoms with E-state index >= 15 is 0 Å². The van der Waals surface area contributed by atoms with E-state index in [0.717, 1.165) is 18.0 Å². The van der Waals surface area contributed by atoms with Gasteiger partial charge in [-0.3, -0.25) is 0 Å². The molecule has 0 unspecified atom stereocenters. The molecule has 1 aromatic rings. The highest BCUT2D eigenvalue weighted by Crippen LogP contribution is 2.39. The third-order valence-electron chi connectivity index (χ3n) is 3.97. The number of para-hydroxylation sites is 1. The van der Waals surface area contributed by atoms with Crippen molar-refractivity contribution in [3.8, 4) is 11.5 Å². The number of hydrogen-bond donors (Lipinski definition) is 0. The van der Waals surface area contributed by atoms with Crippen molar-refractivity contribution in [2.45, 2.75) is 18.8 Å². The van der Waals surface area contributed by atoms with Crippen LogP contribution in [0, 0.1) is 0 Å². The molecule has 1 fully saturated rings. The molecule has 0 N–H and O–H groups in total. The Morgan fingerprint density at radius 2 is 2.15 bits per heavy atom. The summed E-state index contributed by atoms with van der Waals surface area (Å²) < 4.78 is 11.0. The van der Waals surface area contributed by atoms with Gasteiger partial charge in [-0.05, 0) is 44.0 Å². The Hall–Kier alpha value is -0.870. The van der Waals surface area contributed by atoms with E-state index in [2.05, 4.69) is 23.3 Å². The van der Waals surface area contributed by atoms with Gasteiger partial charge in [-0.1, -0.05) is 12.1 Å². The zero-order valence-electron chi connectivity index (χ0n) is 12.7. The van der Waals surface area contributed by atoms with Crippen LogP contribution in [0.3, 0.4) is 0 Å². The van der Waals surface area contributed by atoms with Crippen molar-refractivity contribution in [1.29, 1.82) is 0 Å². The highest BCUT2D eigenvalue weighted by atomic mass is 32.2. The average molecular weight is 295 g/mol. The quantitative estimate of drug-likeness (QED) is 0.720. The van der Waals surface area contributed by atoms with E-state index in [1.165, 1.54) is 37.2 Å². The van der Waals surface area contributed by atoms with Gasteiger partial charge in [0.2, 0.25) is 0 Å². The van der Waals surface area contributed by atoms with Crippen molar-refractivity contribution in [2.24, 2.45) is 0 Å². The summed E-state index contributed by atoms with van der Waals surface area (Å²) in [6.07, 6.45) is 4.67. The Morgan fingerprint density at radius 3 is 2.85 bits per heavy atom. The smallest absolute Gasteiger partial charge is 0.164 e. The molecule has 1 atom stereocenters. The molecule has 0 spiro atoms. The van der Waals surface area contributed by atoms with E-state index < -0.39 is 0 Å². The summed E-state index contributed by atoms with van der Waals surface area (Å²) in [5.74, 6) is 3.56. The maximum Gasteiger partial charge on any atom is 0.164 e. The molecule has 2 rings (SSSR count). The number of ether oxygens (including phenoxy) is 2. The Balaban J connectivity index is 2.02. The highest BCUT2D eigenvalue weighted by molar-refractivity contribution is 7.98. The molecule has 112 valence electrons. The minimum atomic E-state index is 0.564. The fourth-order valence-electron chi connectivity index (χ4n) is 2.96. The first-order chi connectivity index (χ1) is 9.80. The van der Waals surface area contributed by atoms with Gasteiger partial charge in [0.05, 0.1) is 14.2 Å². The van der Waals surface area contributed by atoms with Crippen molar-refractivity contribution in [1.82, 2.24) is 4.90 Å². The third-order valence-corrected chi connectivity index (χ3v) is 4.67. The van der Waals surface area contributed by atoms with Crippen LogP contribution in [0.2, 0.25) is 0 Å². The third kappa shape index (κ3) is 3.61. The van der Waals surface area contributed by atoms with E-state index in [4.69, 9.17) is 9.47 Å². The van der Waals surface area contributed by atoms with Crippen LogP contribution in [0.1, 0.15) is 24.3 Å². The summed E-state index contributed by atoms with van der Waals surface area (Å²) in [7, 11) is 3.43. The van der Waals surface area contributed by atoms with Crippen LogP contribution in [-0.4, -0.2) is 50.8 Å². The minimum Gasteiger partial charge on any atom is -0.493 e. The van der Waals surface area contributed by atoms with Crippen LogP contribution >= 0.6 is 11.8 Å². The van der Waals surface area contributed by atoms with Crippen LogP contribution in [-0.2, 0) is 0 Å². The number of nitrogens with zero attached hydrogens (tertiary/aromatic N) is 1. The lowest BCUT2D eigenvalue weighted by Gasteiger charge is -2.18. The fraction of sp³-hybridized carbons (Fsp3) is 0.625. The zero-order chi connectivity index (χ0) is 14.4. The topological polar surface area (TPSA) is 21.7 Å². The summed E-state index contributed by atoms with van der Waals surface area (Å²) in [5.41, 5.74) is 1.29. The second-order valence-corrected chi connectivity index (χ2v) is 6.20.